The van der Waals surface area contributed by atoms with Gasteiger partial charge in [0, 0.05) is 19.5 Å². The molecule has 0 unspecified atom stereocenters. The molecule has 0 fully saturated rings. The van der Waals surface area contributed by atoms with Crippen LogP contribution in [0.3, 0.4) is 0 Å². The second-order valence-corrected chi connectivity index (χ2v) is 31.0. The molecular weight excluding hydrogens is 521 g/mol. The standard InChI is InChI=1S/CHI2.4ClH.Ti.Zn/c2-1-3;;;;;;/h1H;4*1H;;/q;;;;;+4;/p-4. The van der Waals surface area contributed by atoms with E-state index in [0.717, 1.165) is 0 Å². The van der Waals surface area contributed by atoms with Crippen molar-refractivity contribution in [2.24, 2.45) is 0 Å². The minimum absolute atomic E-state index is 0. The van der Waals surface area contributed by atoms with Gasteiger partial charge in [0.15, 0.2) is 0 Å². The average molecular weight is 522 g/mol. The van der Waals surface area contributed by atoms with Crippen molar-refractivity contribution in [2.45, 2.75) is 0.236 Å². The Labute approximate surface area is 111 Å². The Bertz CT molecular complexity index is 89.2. The van der Waals surface area contributed by atoms with Gasteiger partial charge in [-0.25, -0.2) is 0 Å². The molecule has 0 aliphatic rings. The molecule has 0 bridgehead atoms. The predicted molar refractivity (Wildman–Crippen MR) is 55.2 cm³/mol. The second kappa shape index (κ2) is 4.99. The fourth-order valence-electron chi connectivity index (χ4n) is 0. The van der Waals surface area contributed by atoms with Gasteiger partial charge in [0.25, 0.3) is 0 Å². The van der Waals surface area contributed by atoms with Gasteiger partial charge in [-0.05, 0) is 0 Å². The van der Waals surface area contributed by atoms with Gasteiger partial charge in [-0.2, -0.15) is 0 Å². The van der Waals surface area contributed by atoms with Crippen LogP contribution >= 0.6 is 82.4 Å². The minimum atomic E-state index is -3.93. The summed E-state index contributed by atoms with van der Waals surface area (Å²) in [5.74, 6) is 0. The number of alkyl halides is 2. The smallest absolute Gasteiger partial charge is 0 e. The fraction of sp³-hybridized carbons (Fsp3) is 1.00. The van der Waals surface area contributed by atoms with Gasteiger partial charge in [0.2, 0.25) is 0 Å². The molecule has 0 saturated heterocycles. The van der Waals surface area contributed by atoms with Crippen LogP contribution in [0, 0.1) is 0 Å². The summed E-state index contributed by atoms with van der Waals surface area (Å²) in [7, 11) is 22.4. The summed E-state index contributed by atoms with van der Waals surface area (Å²) in [5, 5.41) is 0. The van der Waals surface area contributed by atoms with Crippen LogP contribution in [-0.2, 0) is 30.5 Å². The Kier molecular flexibility index (Phi) is 8.56. The first-order valence-corrected chi connectivity index (χ1v) is 13.5. The average Bonchev–Trinajstić information content (AvgIpc) is 1.27. The van der Waals surface area contributed by atoms with Crippen LogP contribution in [0.5, 0.6) is 0 Å². The van der Waals surface area contributed by atoms with Crippen LogP contribution in [0.25, 0.3) is 0 Å². The van der Waals surface area contributed by atoms with Crippen LogP contribution in [0.15, 0.2) is 0 Å². The molecule has 0 aliphatic heterocycles. The first kappa shape index (κ1) is 15.4. The van der Waals surface area contributed by atoms with E-state index in [1.165, 1.54) is 0 Å². The van der Waals surface area contributed by atoms with E-state index in [1.54, 1.807) is 0 Å². The molecule has 0 aromatic carbocycles. The Morgan fingerprint density at radius 3 is 1.11 bits per heavy atom. The maximum Gasteiger partial charge on any atom is 0 e. The third-order valence-electron chi connectivity index (χ3n) is 0.330. The van der Waals surface area contributed by atoms with Crippen molar-refractivity contribution in [3.05, 3.63) is 0 Å². The summed E-state index contributed by atoms with van der Waals surface area (Å²) in [4.78, 5) is 0. The van der Waals surface area contributed by atoms with Crippen molar-refractivity contribution < 1.29 is 30.5 Å². The SMILES string of the molecule is [Cl][Ti]([Cl])([Cl])([Cl])[CH](I)I.[Zn]. The van der Waals surface area contributed by atoms with E-state index in [0.29, 0.717) is 0 Å². The third kappa shape index (κ3) is 8.29. The van der Waals surface area contributed by atoms with Gasteiger partial charge < -0.3 is 0 Å². The maximum atomic E-state index is 5.60. The van der Waals surface area contributed by atoms with E-state index in [2.05, 4.69) is 0 Å². The maximum absolute atomic E-state index is 5.60. The molecule has 0 atom stereocenters. The van der Waals surface area contributed by atoms with Gasteiger partial charge in [0.1, 0.15) is 0 Å². The topological polar surface area (TPSA) is 0 Å². The van der Waals surface area contributed by atoms with E-state index >= 15 is 0 Å². The van der Waals surface area contributed by atoms with Gasteiger partial charge in [-0.3, -0.25) is 0 Å². The summed E-state index contributed by atoms with van der Waals surface area (Å²) < 4.78 is -0.0612. The van der Waals surface area contributed by atoms with Crippen molar-refractivity contribution in [2.75, 3.05) is 0 Å². The fourth-order valence-corrected chi connectivity index (χ4v) is 0. The molecule has 0 radical (unpaired) electrons. The van der Waals surface area contributed by atoms with Crippen molar-refractivity contribution >= 4 is 82.4 Å². The molecule has 0 aromatic heterocycles. The number of hydrogen-bond acceptors (Lipinski definition) is 0. The van der Waals surface area contributed by atoms with E-state index in [1.807, 2.05) is 45.2 Å². The van der Waals surface area contributed by atoms with Crippen molar-refractivity contribution in [3.8, 4) is 0 Å². The van der Waals surface area contributed by atoms with E-state index in [-0.39, 0.29) is 19.7 Å². The predicted octanol–water partition coefficient (Wildman–Crippen LogP) is 4.44. The molecule has 0 aliphatic carbocycles. The van der Waals surface area contributed by atoms with Gasteiger partial charge in [-0.1, -0.05) is 0 Å². The normalized spacial score (nSPS) is 16.1. The van der Waals surface area contributed by atoms with E-state index in [9.17, 15) is 0 Å². The van der Waals surface area contributed by atoms with Crippen molar-refractivity contribution in [1.82, 2.24) is 0 Å². The van der Waals surface area contributed by atoms with E-state index < -0.39 is 11.1 Å². The number of hydrogen-bond donors (Lipinski definition) is 0. The van der Waals surface area contributed by atoms with Crippen LogP contribution in [-0.4, -0.2) is 0.236 Å². The molecule has 53 valence electrons. The largest absolute Gasteiger partial charge is 0 e. The molecule has 0 spiro atoms. The number of rotatable bonds is 1. The Morgan fingerprint density at radius 2 is 1.11 bits per heavy atom. The van der Waals surface area contributed by atoms with Crippen molar-refractivity contribution in [1.29, 1.82) is 0 Å². The quantitative estimate of drug-likeness (QED) is 0.272. The summed E-state index contributed by atoms with van der Waals surface area (Å²) in [6.45, 7) is 0. The van der Waals surface area contributed by atoms with Crippen LogP contribution < -0.4 is 0 Å². The zero-order chi connectivity index (χ0) is 7.02. The Hall–Kier alpha value is 3.96. The van der Waals surface area contributed by atoms with E-state index in [4.69, 9.17) is 37.2 Å². The Morgan fingerprint density at radius 1 is 1.00 bits per heavy atom. The molecule has 0 nitrogen and oxygen atoms in total. The minimum Gasteiger partial charge on any atom is 0 e. The molecule has 8 heteroatoms. The first-order valence-electron chi connectivity index (χ1n) is 1.48. The molecule has 0 rings (SSSR count). The zero-order valence-corrected chi connectivity index (χ0v) is 15.9. The second-order valence-electron chi connectivity index (χ2n) is 1.17. The summed E-state index contributed by atoms with van der Waals surface area (Å²) in [6.07, 6.45) is 0. The molecular formula is CHCl4I2TiZn. The third-order valence-corrected chi connectivity index (χ3v) is 27.4. The van der Waals surface area contributed by atoms with Crippen LogP contribution in [0.1, 0.15) is 0 Å². The molecule has 0 amide bonds. The summed E-state index contributed by atoms with van der Waals surface area (Å²) in [6, 6.07) is 0. The molecule has 0 saturated carbocycles. The first-order chi connectivity index (χ1) is 3.20. The summed E-state index contributed by atoms with van der Waals surface area (Å²) in [5.41, 5.74) is 0. The van der Waals surface area contributed by atoms with Gasteiger partial charge in [-0.15, -0.1) is 0 Å². The molecule has 0 heterocycles. The van der Waals surface area contributed by atoms with Crippen molar-refractivity contribution in [3.63, 3.8) is 0 Å². The molecule has 0 aromatic rings. The van der Waals surface area contributed by atoms with Gasteiger partial charge in [0.05, 0.1) is 0 Å². The van der Waals surface area contributed by atoms with Gasteiger partial charge >= 0.3 is 93.7 Å². The summed E-state index contributed by atoms with van der Waals surface area (Å²) >= 11 is 0.0933. The molecule has 0 N–H and O–H groups in total. The van der Waals surface area contributed by atoms with Crippen LogP contribution in [0.2, 0.25) is 0 Å². The zero-order valence-electron chi connectivity index (χ0n) is 4.05. The molecule has 9 heavy (non-hydrogen) atoms. The number of halogens is 6. The monoisotopic (exact) mass is 519 g/mol. The van der Waals surface area contributed by atoms with Crippen LogP contribution in [0.4, 0.5) is 0 Å². The Balaban J connectivity index is 0.